The van der Waals surface area contributed by atoms with E-state index in [1.165, 1.54) is 12.1 Å². The van der Waals surface area contributed by atoms with Crippen molar-refractivity contribution in [3.05, 3.63) is 50.9 Å². The van der Waals surface area contributed by atoms with Gasteiger partial charge < -0.3 is 15.5 Å². The van der Waals surface area contributed by atoms with Gasteiger partial charge in [-0.15, -0.1) is 0 Å². The maximum atomic E-state index is 12.0. The van der Waals surface area contributed by atoms with Crippen LogP contribution >= 0.6 is 31.9 Å². The average molecular weight is 387 g/mol. The number of anilines is 1. The van der Waals surface area contributed by atoms with Crippen molar-refractivity contribution in [2.75, 3.05) is 5.32 Å². The molecule has 0 saturated carbocycles. The van der Waals surface area contributed by atoms with Crippen LogP contribution in [0.25, 0.3) is 0 Å². The summed E-state index contributed by atoms with van der Waals surface area (Å²) >= 11 is 6.37. The lowest BCUT2D eigenvalue weighted by atomic mass is 10.2. The molecule has 0 aliphatic heterocycles. The summed E-state index contributed by atoms with van der Waals surface area (Å²) in [6, 6.07) is 9.22. The number of hydrogen-bond donors (Lipinski definition) is 3. The van der Waals surface area contributed by atoms with Crippen LogP contribution in [0.3, 0.4) is 0 Å². The number of phenolic OH excluding ortho intramolecular Hbond substituents is 2. The molecular formula is C13H9Br2NO3. The number of hydrogen-bond acceptors (Lipinski definition) is 3. The molecule has 0 aliphatic rings. The van der Waals surface area contributed by atoms with Crippen LogP contribution in [0.15, 0.2) is 45.3 Å². The van der Waals surface area contributed by atoms with Gasteiger partial charge >= 0.3 is 0 Å². The number of nitrogens with one attached hydrogen (secondary N) is 1. The number of phenols is 2. The third-order valence-corrected chi connectivity index (χ3v) is 3.59. The summed E-state index contributed by atoms with van der Waals surface area (Å²) in [5.74, 6) is -0.253. The van der Waals surface area contributed by atoms with Crippen LogP contribution in [0.4, 0.5) is 5.69 Å². The van der Waals surface area contributed by atoms with Gasteiger partial charge in [-0.05, 0) is 62.2 Å². The van der Waals surface area contributed by atoms with Gasteiger partial charge in [0.2, 0.25) is 0 Å². The largest absolute Gasteiger partial charge is 0.508 e. The molecule has 0 atom stereocenters. The Hall–Kier alpha value is -1.53. The van der Waals surface area contributed by atoms with Crippen LogP contribution in [0.1, 0.15) is 10.4 Å². The molecule has 19 heavy (non-hydrogen) atoms. The highest BCUT2D eigenvalue weighted by atomic mass is 79.9. The zero-order valence-corrected chi connectivity index (χ0v) is 12.7. The number of halogens is 2. The van der Waals surface area contributed by atoms with Crippen molar-refractivity contribution in [1.29, 1.82) is 0 Å². The van der Waals surface area contributed by atoms with Crippen molar-refractivity contribution in [3.8, 4) is 11.5 Å². The Morgan fingerprint density at radius 2 is 1.68 bits per heavy atom. The van der Waals surface area contributed by atoms with Crippen LogP contribution in [0.2, 0.25) is 0 Å². The van der Waals surface area contributed by atoms with E-state index in [0.29, 0.717) is 20.2 Å². The van der Waals surface area contributed by atoms with E-state index in [0.717, 1.165) is 0 Å². The van der Waals surface area contributed by atoms with Gasteiger partial charge in [-0.2, -0.15) is 0 Å². The van der Waals surface area contributed by atoms with E-state index in [9.17, 15) is 15.0 Å². The van der Waals surface area contributed by atoms with Crippen molar-refractivity contribution >= 4 is 43.5 Å². The molecule has 0 unspecified atom stereocenters. The summed E-state index contributed by atoms with van der Waals surface area (Å²) in [5.41, 5.74) is 0.866. The van der Waals surface area contributed by atoms with Gasteiger partial charge in [0, 0.05) is 11.3 Å². The molecule has 1 amide bonds. The van der Waals surface area contributed by atoms with Crippen molar-refractivity contribution in [2.45, 2.75) is 0 Å². The lowest BCUT2D eigenvalue weighted by molar-refractivity contribution is 0.102. The summed E-state index contributed by atoms with van der Waals surface area (Å²) in [7, 11) is 0. The smallest absolute Gasteiger partial charge is 0.255 e. The second kappa shape index (κ2) is 5.63. The minimum atomic E-state index is -0.347. The van der Waals surface area contributed by atoms with Gasteiger partial charge in [0.1, 0.15) is 11.5 Å². The van der Waals surface area contributed by atoms with E-state index in [1.54, 1.807) is 24.3 Å². The summed E-state index contributed by atoms with van der Waals surface area (Å²) in [6.45, 7) is 0. The number of carbonyl (C=O) groups excluding carboxylic acids is 1. The predicted octanol–water partition coefficient (Wildman–Crippen LogP) is 3.88. The Kier molecular flexibility index (Phi) is 4.11. The van der Waals surface area contributed by atoms with E-state index in [4.69, 9.17) is 0 Å². The van der Waals surface area contributed by atoms with Gasteiger partial charge in [-0.1, -0.05) is 6.07 Å². The van der Waals surface area contributed by atoms with E-state index in [2.05, 4.69) is 37.2 Å². The Morgan fingerprint density at radius 1 is 1.05 bits per heavy atom. The van der Waals surface area contributed by atoms with E-state index in [-0.39, 0.29) is 17.4 Å². The first-order chi connectivity index (χ1) is 8.97. The zero-order valence-electron chi connectivity index (χ0n) is 9.52. The third-order valence-electron chi connectivity index (χ3n) is 2.38. The monoisotopic (exact) mass is 385 g/mol. The quantitative estimate of drug-likeness (QED) is 0.686. The van der Waals surface area contributed by atoms with Crippen LogP contribution in [0, 0.1) is 0 Å². The van der Waals surface area contributed by atoms with Gasteiger partial charge in [0.25, 0.3) is 5.91 Å². The first kappa shape index (κ1) is 13.9. The van der Waals surface area contributed by atoms with Crippen molar-refractivity contribution < 1.29 is 15.0 Å². The molecule has 0 aromatic heterocycles. The highest BCUT2D eigenvalue weighted by molar-refractivity contribution is 9.11. The maximum Gasteiger partial charge on any atom is 0.255 e. The van der Waals surface area contributed by atoms with Gasteiger partial charge in [-0.3, -0.25) is 4.79 Å². The Balaban J connectivity index is 2.24. The van der Waals surface area contributed by atoms with Gasteiger partial charge in [0.15, 0.2) is 0 Å². The normalized spacial score (nSPS) is 10.2. The minimum absolute atomic E-state index is 0.0284. The van der Waals surface area contributed by atoms with Crippen LogP contribution < -0.4 is 5.32 Å². The zero-order chi connectivity index (χ0) is 14.0. The second-order valence-corrected chi connectivity index (χ2v) is 5.50. The topological polar surface area (TPSA) is 69.6 Å². The molecule has 3 N–H and O–H groups in total. The Morgan fingerprint density at radius 3 is 2.26 bits per heavy atom. The molecule has 0 radical (unpaired) electrons. The number of amides is 1. The molecule has 6 heteroatoms. The fourth-order valence-electron chi connectivity index (χ4n) is 1.49. The number of carbonyl (C=O) groups is 1. The summed E-state index contributed by atoms with van der Waals surface area (Å²) < 4.78 is 0.932. The molecule has 0 heterocycles. The molecule has 2 aromatic carbocycles. The van der Waals surface area contributed by atoms with E-state index >= 15 is 0 Å². The minimum Gasteiger partial charge on any atom is -0.508 e. The van der Waals surface area contributed by atoms with Gasteiger partial charge in [-0.25, -0.2) is 0 Å². The van der Waals surface area contributed by atoms with E-state index < -0.39 is 0 Å². The molecule has 0 fully saturated rings. The Labute approximate surface area is 126 Å². The third kappa shape index (κ3) is 3.27. The molecule has 98 valence electrons. The second-order valence-electron chi connectivity index (χ2n) is 3.79. The molecule has 2 rings (SSSR count). The summed E-state index contributed by atoms with van der Waals surface area (Å²) in [5, 5.41) is 21.6. The highest BCUT2D eigenvalue weighted by Gasteiger charge is 2.10. The molecule has 4 nitrogen and oxygen atoms in total. The summed E-state index contributed by atoms with van der Waals surface area (Å²) in [4.78, 5) is 12.0. The van der Waals surface area contributed by atoms with Crippen LogP contribution in [-0.2, 0) is 0 Å². The fourth-order valence-corrected chi connectivity index (χ4v) is 2.67. The highest BCUT2D eigenvalue weighted by Crippen LogP contribution is 2.35. The summed E-state index contributed by atoms with van der Waals surface area (Å²) in [6.07, 6.45) is 0. The lowest BCUT2D eigenvalue weighted by Gasteiger charge is -2.08. The van der Waals surface area contributed by atoms with Gasteiger partial charge in [0.05, 0.1) is 8.95 Å². The van der Waals surface area contributed by atoms with Crippen molar-refractivity contribution in [3.63, 3.8) is 0 Å². The first-order valence-electron chi connectivity index (χ1n) is 5.26. The van der Waals surface area contributed by atoms with Crippen molar-refractivity contribution in [2.24, 2.45) is 0 Å². The molecular weight excluding hydrogens is 378 g/mol. The Bertz CT molecular complexity index is 621. The molecule has 0 bridgehead atoms. The first-order valence-corrected chi connectivity index (χ1v) is 6.84. The van der Waals surface area contributed by atoms with E-state index in [1.807, 2.05) is 0 Å². The number of rotatable bonds is 2. The maximum absolute atomic E-state index is 12.0. The average Bonchev–Trinajstić information content (AvgIpc) is 2.36. The molecule has 0 saturated heterocycles. The molecule has 0 spiro atoms. The molecule has 2 aromatic rings. The lowest BCUT2D eigenvalue weighted by Crippen LogP contribution is -2.11. The standard InChI is InChI=1S/C13H9Br2NO3/c14-10-5-8(6-11(15)12(10)18)16-13(19)7-2-1-3-9(17)4-7/h1-6,17-18H,(H,16,19). The number of benzene rings is 2. The SMILES string of the molecule is O=C(Nc1cc(Br)c(O)c(Br)c1)c1cccc(O)c1. The van der Waals surface area contributed by atoms with Crippen LogP contribution in [-0.4, -0.2) is 16.1 Å². The molecule has 0 aliphatic carbocycles. The van der Waals surface area contributed by atoms with Crippen LogP contribution in [0.5, 0.6) is 11.5 Å². The predicted molar refractivity (Wildman–Crippen MR) is 79.6 cm³/mol. The fraction of sp³-hybridized carbons (Fsp3) is 0. The van der Waals surface area contributed by atoms with Crippen molar-refractivity contribution in [1.82, 2.24) is 0 Å². The number of aromatic hydroxyl groups is 2.